The van der Waals surface area contributed by atoms with Gasteiger partial charge >= 0.3 is 0 Å². The van der Waals surface area contributed by atoms with Crippen LogP contribution in [0.2, 0.25) is 0 Å². The van der Waals surface area contributed by atoms with Gasteiger partial charge in [0.05, 0.1) is 0 Å². The SMILES string of the molecule is CCC1CCC(Nc2ccc(C)c(N(C)C)c2)C1. The number of benzene rings is 1. The van der Waals surface area contributed by atoms with E-state index in [0.29, 0.717) is 6.04 Å². The lowest BCUT2D eigenvalue weighted by Crippen LogP contribution is -2.16. The molecule has 1 fully saturated rings. The second kappa shape index (κ2) is 5.64. The fraction of sp³-hybridized carbons (Fsp3) is 0.625. The maximum atomic E-state index is 3.70. The Morgan fingerprint density at radius 1 is 1.28 bits per heavy atom. The molecule has 100 valence electrons. The summed E-state index contributed by atoms with van der Waals surface area (Å²) >= 11 is 0. The Kier molecular flexibility index (Phi) is 4.15. The van der Waals surface area contributed by atoms with Gasteiger partial charge in [-0.25, -0.2) is 0 Å². The first-order chi connectivity index (χ1) is 8.60. The number of aryl methyl sites for hydroxylation is 1. The summed E-state index contributed by atoms with van der Waals surface area (Å²) in [6.07, 6.45) is 5.38. The maximum absolute atomic E-state index is 3.70. The van der Waals surface area contributed by atoms with Crippen LogP contribution >= 0.6 is 0 Å². The van der Waals surface area contributed by atoms with Gasteiger partial charge in [0.2, 0.25) is 0 Å². The highest BCUT2D eigenvalue weighted by Gasteiger charge is 2.23. The highest BCUT2D eigenvalue weighted by Crippen LogP contribution is 2.31. The molecule has 2 atom stereocenters. The third-order valence-corrected chi connectivity index (χ3v) is 4.18. The van der Waals surface area contributed by atoms with Gasteiger partial charge in [0.25, 0.3) is 0 Å². The Morgan fingerprint density at radius 3 is 2.67 bits per heavy atom. The lowest BCUT2D eigenvalue weighted by molar-refractivity contribution is 0.525. The molecule has 1 aliphatic rings. The average Bonchev–Trinajstić information content (AvgIpc) is 2.79. The van der Waals surface area contributed by atoms with Crippen LogP contribution in [-0.2, 0) is 0 Å². The minimum atomic E-state index is 0.674. The zero-order valence-corrected chi connectivity index (χ0v) is 12.2. The molecule has 2 rings (SSSR count). The standard InChI is InChI=1S/C16H26N2/c1-5-13-7-9-14(10-13)17-15-8-6-12(2)16(11-15)18(3)4/h6,8,11,13-14,17H,5,7,9-10H2,1-4H3. The minimum Gasteiger partial charge on any atom is -0.382 e. The van der Waals surface area contributed by atoms with Crippen molar-refractivity contribution >= 4 is 11.4 Å². The molecule has 2 heteroatoms. The van der Waals surface area contributed by atoms with E-state index in [1.165, 1.54) is 42.6 Å². The summed E-state index contributed by atoms with van der Waals surface area (Å²) in [6, 6.07) is 7.37. The molecule has 0 heterocycles. The van der Waals surface area contributed by atoms with E-state index in [1.54, 1.807) is 0 Å². The van der Waals surface area contributed by atoms with Crippen molar-refractivity contribution in [1.82, 2.24) is 0 Å². The van der Waals surface area contributed by atoms with Crippen LogP contribution in [0.25, 0.3) is 0 Å². The molecule has 0 spiro atoms. The van der Waals surface area contributed by atoms with Crippen molar-refractivity contribution in [2.45, 2.75) is 45.6 Å². The van der Waals surface area contributed by atoms with Gasteiger partial charge in [-0.15, -0.1) is 0 Å². The van der Waals surface area contributed by atoms with Crippen LogP contribution in [0.5, 0.6) is 0 Å². The van der Waals surface area contributed by atoms with Gasteiger partial charge in [0.15, 0.2) is 0 Å². The maximum Gasteiger partial charge on any atom is 0.0411 e. The van der Waals surface area contributed by atoms with Crippen LogP contribution < -0.4 is 10.2 Å². The molecule has 0 saturated heterocycles. The van der Waals surface area contributed by atoms with Crippen LogP contribution in [0.15, 0.2) is 18.2 Å². The summed E-state index contributed by atoms with van der Waals surface area (Å²) in [7, 11) is 4.21. The van der Waals surface area contributed by atoms with Crippen molar-refractivity contribution in [3.05, 3.63) is 23.8 Å². The predicted molar refractivity (Wildman–Crippen MR) is 80.5 cm³/mol. The van der Waals surface area contributed by atoms with Crippen LogP contribution in [0.4, 0.5) is 11.4 Å². The van der Waals surface area contributed by atoms with Crippen LogP contribution in [-0.4, -0.2) is 20.1 Å². The Balaban J connectivity index is 2.04. The summed E-state index contributed by atoms with van der Waals surface area (Å²) < 4.78 is 0. The third kappa shape index (κ3) is 2.98. The molecule has 0 aliphatic heterocycles. The number of rotatable bonds is 4. The highest BCUT2D eigenvalue weighted by atomic mass is 15.1. The summed E-state index contributed by atoms with van der Waals surface area (Å²) in [4.78, 5) is 2.18. The van der Waals surface area contributed by atoms with Crippen LogP contribution in [0, 0.1) is 12.8 Å². The number of hydrogen-bond donors (Lipinski definition) is 1. The lowest BCUT2D eigenvalue weighted by Gasteiger charge is -2.20. The van der Waals surface area contributed by atoms with E-state index in [4.69, 9.17) is 0 Å². The topological polar surface area (TPSA) is 15.3 Å². The molecule has 2 nitrogen and oxygen atoms in total. The van der Waals surface area contributed by atoms with Gasteiger partial charge in [-0.1, -0.05) is 19.4 Å². The van der Waals surface area contributed by atoms with E-state index in [2.05, 4.69) is 56.4 Å². The number of anilines is 2. The zero-order valence-electron chi connectivity index (χ0n) is 12.2. The third-order valence-electron chi connectivity index (χ3n) is 4.18. The fourth-order valence-corrected chi connectivity index (χ4v) is 2.99. The largest absolute Gasteiger partial charge is 0.382 e. The molecule has 1 saturated carbocycles. The van der Waals surface area contributed by atoms with E-state index >= 15 is 0 Å². The van der Waals surface area contributed by atoms with Crippen LogP contribution in [0.3, 0.4) is 0 Å². The van der Waals surface area contributed by atoms with Gasteiger partial charge in [0.1, 0.15) is 0 Å². The van der Waals surface area contributed by atoms with Gasteiger partial charge in [0, 0.05) is 31.5 Å². The molecule has 1 aromatic carbocycles. The molecule has 0 amide bonds. The van der Waals surface area contributed by atoms with E-state index in [-0.39, 0.29) is 0 Å². The summed E-state index contributed by atoms with van der Waals surface area (Å²) in [5.41, 5.74) is 3.92. The zero-order chi connectivity index (χ0) is 13.1. The smallest absolute Gasteiger partial charge is 0.0411 e. The lowest BCUT2D eigenvalue weighted by atomic mass is 10.1. The quantitative estimate of drug-likeness (QED) is 0.862. The molecule has 0 aromatic heterocycles. The first-order valence-electron chi connectivity index (χ1n) is 7.14. The Morgan fingerprint density at radius 2 is 2.06 bits per heavy atom. The summed E-state index contributed by atoms with van der Waals surface area (Å²) in [5, 5.41) is 3.70. The normalized spacial score (nSPS) is 23.1. The number of nitrogens with zero attached hydrogens (tertiary/aromatic N) is 1. The van der Waals surface area contributed by atoms with Gasteiger partial charge < -0.3 is 10.2 Å². The van der Waals surface area contributed by atoms with Gasteiger partial charge in [-0.05, 0) is 49.8 Å². The first-order valence-corrected chi connectivity index (χ1v) is 7.14. The molecular weight excluding hydrogens is 220 g/mol. The Hall–Kier alpha value is -1.18. The van der Waals surface area contributed by atoms with E-state index in [9.17, 15) is 0 Å². The van der Waals surface area contributed by atoms with Crippen molar-refractivity contribution in [1.29, 1.82) is 0 Å². The summed E-state index contributed by atoms with van der Waals surface area (Å²) in [5.74, 6) is 0.932. The fourth-order valence-electron chi connectivity index (χ4n) is 2.99. The highest BCUT2D eigenvalue weighted by molar-refractivity contribution is 5.62. The van der Waals surface area contributed by atoms with E-state index < -0.39 is 0 Å². The van der Waals surface area contributed by atoms with Gasteiger partial charge in [-0.3, -0.25) is 0 Å². The molecule has 1 aromatic rings. The second-order valence-corrected chi connectivity index (χ2v) is 5.82. The number of hydrogen-bond acceptors (Lipinski definition) is 2. The van der Waals surface area contributed by atoms with Crippen molar-refractivity contribution in [3.63, 3.8) is 0 Å². The van der Waals surface area contributed by atoms with Crippen molar-refractivity contribution < 1.29 is 0 Å². The van der Waals surface area contributed by atoms with Crippen molar-refractivity contribution in [2.75, 3.05) is 24.3 Å². The predicted octanol–water partition coefficient (Wildman–Crippen LogP) is 4.05. The second-order valence-electron chi connectivity index (χ2n) is 5.82. The number of nitrogens with one attached hydrogen (secondary N) is 1. The Bertz CT molecular complexity index is 398. The molecule has 2 unspecified atom stereocenters. The minimum absolute atomic E-state index is 0.674. The molecule has 0 bridgehead atoms. The molecule has 18 heavy (non-hydrogen) atoms. The molecule has 1 aliphatic carbocycles. The van der Waals surface area contributed by atoms with E-state index in [0.717, 1.165) is 5.92 Å². The monoisotopic (exact) mass is 246 g/mol. The van der Waals surface area contributed by atoms with Crippen molar-refractivity contribution in [2.24, 2.45) is 5.92 Å². The van der Waals surface area contributed by atoms with Crippen molar-refractivity contribution in [3.8, 4) is 0 Å². The Labute approximate surface area is 111 Å². The van der Waals surface area contributed by atoms with Crippen LogP contribution in [0.1, 0.15) is 38.2 Å². The van der Waals surface area contributed by atoms with E-state index in [1.807, 2.05) is 0 Å². The average molecular weight is 246 g/mol. The molecule has 0 radical (unpaired) electrons. The molecular formula is C16H26N2. The van der Waals surface area contributed by atoms with Gasteiger partial charge in [-0.2, -0.15) is 0 Å². The molecule has 1 N–H and O–H groups in total. The first kappa shape index (κ1) is 13.3. The summed E-state index contributed by atoms with van der Waals surface area (Å²) in [6.45, 7) is 4.48.